The van der Waals surface area contributed by atoms with Gasteiger partial charge in [0.1, 0.15) is 11.3 Å². The van der Waals surface area contributed by atoms with Gasteiger partial charge in [-0.25, -0.2) is 4.98 Å². The van der Waals surface area contributed by atoms with E-state index in [0.29, 0.717) is 28.6 Å². The monoisotopic (exact) mass is 491 g/mol. The van der Waals surface area contributed by atoms with Gasteiger partial charge in [0.2, 0.25) is 17.2 Å². The predicted octanol–water partition coefficient (Wildman–Crippen LogP) is 6.42. The Morgan fingerprint density at radius 2 is 1.81 bits per heavy atom. The molecule has 5 heterocycles. The maximum Gasteiger partial charge on any atom is 0.270 e. The van der Waals surface area contributed by atoms with E-state index in [1.807, 2.05) is 24.4 Å². The summed E-state index contributed by atoms with van der Waals surface area (Å²) in [6.07, 6.45) is 11.0. The van der Waals surface area contributed by atoms with Crippen LogP contribution in [-0.2, 0) is 5.41 Å². The summed E-state index contributed by atoms with van der Waals surface area (Å²) >= 11 is 0. The van der Waals surface area contributed by atoms with Crippen LogP contribution >= 0.6 is 0 Å². The molecule has 0 radical (unpaired) electrons. The highest BCUT2D eigenvalue weighted by Crippen LogP contribution is 2.39. The van der Waals surface area contributed by atoms with Gasteiger partial charge in [-0.15, -0.1) is 0 Å². The first-order valence-corrected chi connectivity index (χ1v) is 12.5. The van der Waals surface area contributed by atoms with Gasteiger partial charge in [0, 0.05) is 17.2 Å². The van der Waals surface area contributed by atoms with Crippen molar-refractivity contribution < 1.29 is 8.83 Å². The molecular formula is C28H25N7O2. The number of pyridine rings is 1. The first-order valence-electron chi connectivity index (χ1n) is 12.5. The van der Waals surface area contributed by atoms with Crippen LogP contribution in [0.25, 0.3) is 56.6 Å². The van der Waals surface area contributed by atoms with Crippen LogP contribution in [0, 0.1) is 0 Å². The molecule has 0 N–H and O–H groups in total. The number of aromatic nitrogens is 7. The molecule has 9 heteroatoms. The predicted molar refractivity (Wildman–Crippen MR) is 140 cm³/mol. The van der Waals surface area contributed by atoms with Crippen LogP contribution in [0.15, 0.2) is 63.9 Å². The summed E-state index contributed by atoms with van der Waals surface area (Å²) < 4.78 is 13.7. The van der Waals surface area contributed by atoms with Crippen molar-refractivity contribution in [3.63, 3.8) is 0 Å². The third-order valence-electron chi connectivity index (χ3n) is 6.81. The summed E-state index contributed by atoms with van der Waals surface area (Å²) in [7, 11) is 0. The zero-order chi connectivity index (χ0) is 25.1. The van der Waals surface area contributed by atoms with Crippen molar-refractivity contribution in [2.45, 2.75) is 51.5 Å². The van der Waals surface area contributed by atoms with E-state index in [1.54, 1.807) is 0 Å². The summed E-state index contributed by atoms with van der Waals surface area (Å²) in [5, 5.41) is 0. The minimum Gasteiger partial charge on any atom is -0.424 e. The Morgan fingerprint density at radius 3 is 2.65 bits per heavy atom. The first-order chi connectivity index (χ1) is 18.0. The van der Waals surface area contributed by atoms with Gasteiger partial charge in [-0.2, -0.15) is 19.9 Å². The summed E-state index contributed by atoms with van der Waals surface area (Å²) in [4.78, 5) is 27.6. The van der Waals surface area contributed by atoms with Crippen LogP contribution in [0.5, 0.6) is 0 Å². The molecule has 0 fully saturated rings. The van der Waals surface area contributed by atoms with Crippen molar-refractivity contribution in [1.82, 2.24) is 34.5 Å². The summed E-state index contributed by atoms with van der Waals surface area (Å²) in [6, 6.07) is 10.4. The van der Waals surface area contributed by atoms with Crippen molar-refractivity contribution in [3.05, 3.63) is 60.8 Å². The smallest absolute Gasteiger partial charge is 0.270 e. The number of hydrogen-bond donors (Lipinski definition) is 0. The number of imidazole rings is 1. The highest BCUT2D eigenvalue weighted by molar-refractivity contribution is 5.93. The van der Waals surface area contributed by atoms with Gasteiger partial charge in [0.15, 0.2) is 6.39 Å². The number of benzene rings is 1. The Labute approximate surface area is 212 Å². The summed E-state index contributed by atoms with van der Waals surface area (Å²) in [5.74, 6) is 1.30. The topological polar surface area (TPSA) is 109 Å². The molecule has 6 aromatic rings. The highest BCUT2D eigenvalue weighted by Gasteiger charge is 2.28. The molecule has 0 spiro atoms. The summed E-state index contributed by atoms with van der Waals surface area (Å²) in [5.41, 5.74) is 5.90. The fourth-order valence-corrected chi connectivity index (χ4v) is 5.15. The summed E-state index contributed by atoms with van der Waals surface area (Å²) in [6.45, 7) is 6.55. The molecule has 1 unspecified atom stereocenters. The number of nitrogens with zero attached hydrogens (tertiary/aromatic N) is 7. The molecule has 0 saturated carbocycles. The zero-order valence-electron chi connectivity index (χ0n) is 20.8. The minimum absolute atomic E-state index is 0.145. The lowest BCUT2D eigenvalue weighted by Gasteiger charge is -2.25. The number of allylic oxidation sites excluding steroid dienone is 2. The van der Waals surface area contributed by atoms with E-state index in [9.17, 15) is 0 Å². The Kier molecular flexibility index (Phi) is 4.76. The van der Waals surface area contributed by atoms with Crippen LogP contribution in [0.1, 0.15) is 51.8 Å². The zero-order valence-corrected chi connectivity index (χ0v) is 20.8. The Bertz CT molecular complexity index is 1770. The van der Waals surface area contributed by atoms with Crippen LogP contribution in [0.2, 0.25) is 0 Å². The molecule has 1 aromatic carbocycles. The minimum atomic E-state index is -0.145. The molecular weight excluding hydrogens is 466 g/mol. The first kappa shape index (κ1) is 21.8. The average molecular weight is 492 g/mol. The molecule has 0 saturated heterocycles. The SMILES string of the molecule is CC(C)(C)c1ncccc1-c1nc2c(-c3nc4nc5ncoc5nc4o3)cccc2n1C1C=CCCC1. The van der Waals surface area contributed by atoms with E-state index in [-0.39, 0.29) is 11.5 Å². The van der Waals surface area contributed by atoms with Gasteiger partial charge in [-0.1, -0.05) is 39.0 Å². The number of oxazole rings is 2. The third kappa shape index (κ3) is 3.53. The van der Waals surface area contributed by atoms with Gasteiger partial charge in [-0.05, 0) is 43.5 Å². The van der Waals surface area contributed by atoms with Gasteiger partial charge in [0.05, 0.1) is 22.8 Å². The van der Waals surface area contributed by atoms with E-state index in [0.717, 1.165) is 52.9 Å². The lowest BCUT2D eigenvalue weighted by Crippen LogP contribution is -2.17. The van der Waals surface area contributed by atoms with E-state index in [1.165, 1.54) is 6.39 Å². The van der Waals surface area contributed by atoms with Gasteiger partial charge in [0.25, 0.3) is 11.4 Å². The normalized spacial score (nSPS) is 16.4. The second kappa shape index (κ2) is 8.06. The standard InChI is InChI=1S/C28H25N7O2/c1-28(2,3)21-18(12-8-14-29-21)24-31-20-17(11-7-13-19(20)35(24)16-9-5-4-6-10-16)25-33-23-27(37-25)34-26-22(32-23)30-15-36-26/h5,7-9,11-16H,4,6,10H2,1-3H3. The van der Waals surface area contributed by atoms with E-state index < -0.39 is 0 Å². The number of rotatable bonds is 3. The van der Waals surface area contributed by atoms with Crippen molar-refractivity contribution in [1.29, 1.82) is 0 Å². The number of para-hydroxylation sites is 1. The van der Waals surface area contributed by atoms with E-state index in [4.69, 9.17) is 18.8 Å². The maximum atomic E-state index is 6.07. The Hall–Kier alpha value is -4.40. The fraction of sp³-hybridized carbons (Fsp3) is 0.286. The van der Waals surface area contributed by atoms with Crippen LogP contribution < -0.4 is 0 Å². The maximum absolute atomic E-state index is 6.07. The van der Waals surface area contributed by atoms with Crippen molar-refractivity contribution in [3.8, 4) is 22.8 Å². The van der Waals surface area contributed by atoms with Crippen molar-refractivity contribution >= 4 is 33.8 Å². The molecule has 1 aliphatic carbocycles. The quantitative estimate of drug-likeness (QED) is 0.261. The molecule has 9 nitrogen and oxygen atoms in total. The molecule has 184 valence electrons. The van der Waals surface area contributed by atoms with Crippen LogP contribution in [0.4, 0.5) is 0 Å². The van der Waals surface area contributed by atoms with Crippen LogP contribution in [0.3, 0.4) is 0 Å². The third-order valence-corrected chi connectivity index (χ3v) is 6.81. The van der Waals surface area contributed by atoms with Gasteiger partial charge < -0.3 is 13.4 Å². The molecule has 5 aromatic heterocycles. The number of hydrogen-bond acceptors (Lipinski definition) is 8. The molecule has 0 amide bonds. The molecule has 1 atom stereocenters. The van der Waals surface area contributed by atoms with Gasteiger partial charge in [-0.3, -0.25) is 4.98 Å². The van der Waals surface area contributed by atoms with Crippen molar-refractivity contribution in [2.24, 2.45) is 0 Å². The van der Waals surface area contributed by atoms with E-state index >= 15 is 0 Å². The fourth-order valence-electron chi connectivity index (χ4n) is 5.15. The lowest BCUT2D eigenvalue weighted by molar-refractivity contribution is 0.529. The molecule has 0 bridgehead atoms. The molecule has 0 aliphatic heterocycles. The molecule has 1 aliphatic rings. The van der Waals surface area contributed by atoms with Gasteiger partial charge >= 0.3 is 0 Å². The largest absolute Gasteiger partial charge is 0.424 e. The Morgan fingerprint density at radius 1 is 0.919 bits per heavy atom. The van der Waals surface area contributed by atoms with Crippen molar-refractivity contribution in [2.75, 3.05) is 0 Å². The van der Waals surface area contributed by atoms with E-state index in [2.05, 4.69) is 69.6 Å². The van der Waals surface area contributed by atoms with Crippen LogP contribution in [-0.4, -0.2) is 34.5 Å². The average Bonchev–Trinajstić information content (AvgIpc) is 3.63. The Balaban J connectivity index is 1.49. The lowest BCUT2D eigenvalue weighted by atomic mass is 9.88. The number of fused-ring (bicyclic) bond motifs is 3. The second-order valence-corrected chi connectivity index (χ2v) is 10.4. The molecule has 37 heavy (non-hydrogen) atoms. The highest BCUT2D eigenvalue weighted by atomic mass is 16.4. The molecule has 7 rings (SSSR count). The second-order valence-electron chi connectivity index (χ2n) is 10.4.